The molecular weight excluding hydrogens is 300 g/mol. The van der Waals surface area contributed by atoms with Crippen molar-refractivity contribution in [3.05, 3.63) is 42.0 Å². The Morgan fingerprint density at radius 2 is 1.71 bits per heavy atom. The van der Waals surface area contributed by atoms with E-state index in [1.54, 1.807) is 6.07 Å². The van der Waals surface area contributed by atoms with Gasteiger partial charge in [-0.1, -0.05) is 58.7 Å². The Labute approximate surface area is 147 Å². The van der Waals surface area contributed by atoms with Crippen LogP contribution in [-0.2, 0) is 22.4 Å². The van der Waals surface area contributed by atoms with Crippen LogP contribution in [0.15, 0.2) is 30.9 Å². The summed E-state index contributed by atoms with van der Waals surface area (Å²) in [5, 5.41) is 9.82. The molecule has 0 aliphatic rings. The zero-order valence-corrected chi connectivity index (χ0v) is 15.6. The second kappa shape index (κ2) is 14.8. The van der Waals surface area contributed by atoms with Crippen molar-refractivity contribution in [1.82, 2.24) is 0 Å². The van der Waals surface area contributed by atoms with Crippen molar-refractivity contribution in [2.45, 2.75) is 72.1 Å². The highest BCUT2D eigenvalue weighted by atomic mass is 16.5. The van der Waals surface area contributed by atoms with E-state index in [2.05, 4.69) is 31.2 Å². The Kier molecular flexibility index (Phi) is 13.7. The van der Waals surface area contributed by atoms with Crippen molar-refractivity contribution in [3.63, 3.8) is 0 Å². The Hall–Kier alpha value is -1.77. The van der Waals surface area contributed by atoms with Gasteiger partial charge in [0.1, 0.15) is 5.75 Å². The number of aryl methyl sites for hydroxylation is 1. The van der Waals surface area contributed by atoms with Gasteiger partial charge in [-0.15, -0.1) is 0 Å². The molecule has 24 heavy (non-hydrogen) atoms. The SMILES string of the molecule is C=CC(=O)OCCCC.CCCCc1cccc(O)c1CCCC. The molecule has 1 aromatic rings. The van der Waals surface area contributed by atoms with Crippen LogP contribution >= 0.6 is 0 Å². The van der Waals surface area contributed by atoms with Gasteiger partial charge in [-0.25, -0.2) is 4.79 Å². The first kappa shape index (κ1) is 22.2. The number of aromatic hydroxyl groups is 1. The molecule has 0 radical (unpaired) electrons. The number of phenols is 1. The summed E-state index contributed by atoms with van der Waals surface area (Å²) in [5.74, 6) is 0.153. The zero-order valence-electron chi connectivity index (χ0n) is 15.6. The first-order chi connectivity index (χ1) is 11.6. The van der Waals surface area contributed by atoms with Crippen molar-refractivity contribution < 1.29 is 14.6 Å². The molecule has 0 bridgehead atoms. The first-order valence-electron chi connectivity index (χ1n) is 9.19. The molecule has 0 fully saturated rings. The molecule has 0 aliphatic carbocycles. The van der Waals surface area contributed by atoms with Gasteiger partial charge in [0.05, 0.1) is 6.61 Å². The van der Waals surface area contributed by atoms with Crippen molar-refractivity contribution in [2.24, 2.45) is 0 Å². The van der Waals surface area contributed by atoms with Gasteiger partial charge in [0, 0.05) is 6.08 Å². The molecular formula is C21H34O3. The normalized spacial score (nSPS) is 9.79. The molecule has 1 rings (SSSR count). The Balaban J connectivity index is 0.000000506. The fourth-order valence-corrected chi connectivity index (χ4v) is 2.24. The van der Waals surface area contributed by atoms with Crippen molar-refractivity contribution in [3.8, 4) is 5.75 Å². The quantitative estimate of drug-likeness (QED) is 0.344. The van der Waals surface area contributed by atoms with E-state index < -0.39 is 0 Å². The summed E-state index contributed by atoms with van der Waals surface area (Å²) in [6.07, 6.45) is 10.0. The number of hydrogen-bond donors (Lipinski definition) is 1. The number of benzene rings is 1. The van der Waals surface area contributed by atoms with Gasteiger partial charge in [-0.3, -0.25) is 0 Å². The molecule has 0 aromatic heterocycles. The van der Waals surface area contributed by atoms with E-state index in [1.807, 2.05) is 13.0 Å². The third kappa shape index (κ3) is 10.1. The Bertz CT molecular complexity index is 466. The second-order valence-electron chi connectivity index (χ2n) is 5.85. The van der Waals surface area contributed by atoms with Crippen LogP contribution in [0.2, 0.25) is 0 Å². The molecule has 0 aliphatic heterocycles. The van der Waals surface area contributed by atoms with Crippen LogP contribution in [-0.4, -0.2) is 17.7 Å². The monoisotopic (exact) mass is 334 g/mol. The fourth-order valence-electron chi connectivity index (χ4n) is 2.24. The number of rotatable bonds is 10. The topological polar surface area (TPSA) is 46.5 Å². The van der Waals surface area contributed by atoms with Gasteiger partial charge < -0.3 is 9.84 Å². The highest BCUT2D eigenvalue weighted by molar-refractivity contribution is 5.81. The third-order valence-electron chi connectivity index (χ3n) is 3.74. The summed E-state index contributed by atoms with van der Waals surface area (Å²) in [7, 11) is 0. The summed E-state index contributed by atoms with van der Waals surface area (Å²) in [6, 6.07) is 5.91. The Morgan fingerprint density at radius 1 is 1.08 bits per heavy atom. The third-order valence-corrected chi connectivity index (χ3v) is 3.74. The number of carbonyl (C=O) groups is 1. The van der Waals surface area contributed by atoms with E-state index >= 15 is 0 Å². The lowest BCUT2D eigenvalue weighted by Crippen LogP contribution is -2.00. The molecule has 3 heteroatoms. The van der Waals surface area contributed by atoms with Crippen molar-refractivity contribution in [1.29, 1.82) is 0 Å². The summed E-state index contributed by atoms with van der Waals surface area (Å²) < 4.78 is 4.67. The summed E-state index contributed by atoms with van der Waals surface area (Å²) >= 11 is 0. The van der Waals surface area contributed by atoms with E-state index in [9.17, 15) is 9.90 Å². The lowest BCUT2D eigenvalue weighted by atomic mass is 9.97. The number of unbranched alkanes of at least 4 members (excludes halogenated alkanes) is 3. The van der Waals surface area contributed by atoms with E-state index in [4.69, 9.17) is 0 Å². The molecule has 0 unspecified atom stereocenters. The van der Waals surface area contributed by atoms with E-state index in [0.717, 1.165) is 32.1 Å². The molecule has 0 atom stereocenters. The standard InChI is InChI=1S/C14H22O.C7H12O2/c1-3-5-8-12-9-7-11-14(15)13(12)10-6-4-2;1-3-5-6-9-7(8)4-2/h7,9,11,15H,3-6,8,10H2,1-2H3;4H,2-3,5-6H2,1H3. The van der Waals surface area contributed by atoms with Crippen LogP contribution in [0.25, 0.3) is 0 Å². The van der Waals surface area contributed by atoms with Crippen LogP contribution in [0.5, 0.6) is 5.75 Å². The van der Waals surface area contributed by atoms with Crippen LogP contribution in [0, 0.1) is 0 Å². The van der Waals surface area contributed by atoms with Gasteiger partial charge in [0.25, 0.3) is 0 Å². The predicted octanol–water partition coefficient (Wildman–Crippen LogP) is 5.59. The lowest BCUT2D eigenvalue weighted by Gasteiger charge is -2.10. The Morgan fingerprint density at radius 3 is 2.29 bits per heavy atom. The van der Waals surface area contributed by atoms with Crippen molar-refractivity contribution >= 4 is 5.97 Å². The molecule has 1 N–H and O–H groups in total. The van der Waals surface area contributed by atoms with Gasteiger partial charge in [-0.05, 0) is 49.3 Å². The molecule has 0 saturated heterocycles. The maximum Gasteiger partial charge on any atom is 0.330 e. The lowest BCUT2D eigenvalue weighted by molar-refractivity contribution is -0.137. The molecule has 0 heterocycles. The minimum atomic E-state index is -0.330. The maximum absolute atomic E-state index is 10.3. The zero-order chi connectivity index (χ0) is 18.2. The minimum absolute atomic E-state index is 0.330. The van der Waals surface area contributed by atoms with Crippen LogP contribution in [0.1, 0.15) is 70.4 Å². The smallest absolute Gasteiger partial charge is 0.330 e. The molecule has 136 valence electrons. The average Bonchev–Trinajstić information content (AvgIpc) is 2.59. The van der Waals surface area contributed by atoms with Crippen LogP contribution in [0.3, 0.4) is 0 Å². The summed E-state index contributed by atoms with van der Waals surface area (Å²) in [6.45, 7) is 10.2. The largest absolute Gasteiger partial charge is 0.508 e. The molecule has 0 amide bonds. The summed E-state index contributed by atoms with van der Waals surface area (Å²) in [4.78, 5) is 10.3. The second-order valence-corrected chi connectivity index (χ2v) is 5.85. The van der Waals surface area contributed by atoms with E-state index in [-0.39, 0.29) is 5.97 Å². The molecule has 3 nitrogen and oxygen atoms in total. The first-order valence-corrected chi connectivity index (χ1v) is 9.19. The number of carbonyl (C=O) groups excluding carboxylic acids is 1. The summed E-state index contributed by atoms with van der Waals surface area (Å²) in [5.41, 5.74) is 2.51. The maximum atomic E-state index is 10.3. The molecule has 0 saturated carbocycles. The predicted molar refractivity (Wildman–Crippen MR) is 101 cm³/mol. The number of ether oxygens (including phenoxy) is 1. The number of esters is 1. The van der Waals surface area contributed by atoms with Gasteiger partial charge in [0.15, 0.2) is 0 Å². The number of phenolic OH excluding ortho intramolecular Hbond substituents is 1. The van der Waals surface area contributed by atoms with Crippen LogP contribution < -0.4 is 0 Å². The average molecular weight is 335 g/mol. The molecule has 1 aromatic carbocycles. The fraction of sp³-hybridized carbons (Fsp3) is 0.571. The van der Waals surface area contributed by atoms with Gasteiger partial charge in [-0.2, -0.15) is 0 Å². The van der Waals surface area contributed by atoms with E-state index in [0.29, 0.717) is 12.4 Å². The minimum Gasteiger partial charge on any atom is -0.508 e. The number of hydrogen-bond acceptors (Lipinski definition) is 3. The van der Waals surface area contributed by atoms with E-state index in [1.165, 1.54) is 36.5 Å². The van der Waals surface area contributed by atoms with Gasteiger partial charge in [0.2, 0.25) is 0 Å². The van der Waals surface area contributed by atoms with Crippen molar-refractivity contribution in [2.75, 3.05) is 6.61 Å². The van der Waals surface area contributed by atoms with Gasteiger partial charge >= 0.3 is 5.97 Å². The highest BCUT2D eigenvalue weighted by Crippen LogP contribution is 2.24. The highest BCUT2D eigenvalue weighted by Gasteiger charge is 2.06. The van der Waals surface area contributed by atoms with Crippen LogP contribution in [0.4, 0.5) is 0 Å². The molecule has 0 spiro atoms.